The molecule has 3 aromatic heterocycles. The number of hydrogen-bond donors (Lipinski definition) is 1. The van der Waals surface area contributed by atoms with Crippen molar-refractivity contribution in [1.82, 2.24) is 24.5 Å². The van der Waals surface area contributed by atoms with Crippen molar-refractivity contribution >= 4 is 33.3 Å². The topological polar surface area (TPSA) is 86.9 Å². The van der Waals surface area contributed by atoms with Crippen LogP contribution in [-0.2, 0) is 7.05 Å². The number of thiazole rings is 1. The lowest BCUT2D eigenvalue weighted by Gasteiger charge is -2.06. The van der Waals surface area contributed by atoms with Gasteiger partial charge in [-0.15, -0.1) is 0 Å². The highest BCUT2D eigenvalue weighted by molar-refractivity contribution is 7.20. The van der Waals surface area contributed by atoms with Crippen LogP contribution < -0.4 is 10.1 Å². The van der Waals surface area contributed by atoms with E-state index in [1.54, 1.807) is 37.2 Å². The van der Waals surface area contributed by atoms with Gasteiger partial charge in [0.05, 0.1) is 23.0 Å². The van der Waals surface area contributed by atoms with Crippen LogP contribution in [0.3, 0.4) is 0 Å². The molecule has 0 spiro atoms. The van der Waals surface area contributed by atoms with E-state index in [4.69, 9.17) is 4.74 Å². The van der Waals surface area contributed by atoms with Crippen LogP contribution in [-0.4, -0.2) is 37.6 Å². The number of fused-ring (bicyclic) bond motifs is 1. The quantitative estimate of drug-likeness (QED) is 0.598. The molecule has 3 heterocycles. The summed E-state index contributed by atoms with van der Waals surface area (Å²) < 4.78 is 9.40. The van der Waals surface area contributed by atoms with Crippen molar-refractivity contribution in [2.24, 2.45) is 7.05 Å². The van der Waals surface area contributed by atoms with Gasteiger partial charge in [-0.1, -0.05) is 11.3 Å². The molecule has 0 aliphatic heterocycles. The third-order valence-corrected chi connectivity index (χ3v) is 4.89. The number of ether oxygens (including phenoxy) is 1. The fourth-order valence-corrected chi connectivity index (χ4v) is 3.58. The number of aromatic nitrogens is 5. The van der Waals surface area contributed by atoms with Crippen LogP contribution >= 0.6 is 11.3 Å². The normalized spacial score (nSPS) is 11.0. The van der Waals surface area contributed by atoms with Crippen molar-refractivity contribution in [2.75, 3.05) is 12.4 Å². The van der Waals surface area contributed by atoms with Crippen molar-refractivity contribution in [2.45, 2.75) is 6.92 Å². The zero-order valence-electron chi connectivity index (χ0n) is 14.4. The largest absolute Gasteiger partial charge is 0.497 e. The molecule has 0 saturated carbocycles. The molecule has 8 nitrogen and oxygen atoms in total. The van der Waals surface area contributed by atoms with Gasteiger partial charge in [0, 0.05) is 19.3 Å². The number of anilines is 1. The van der Waals surface area contributed by atoms with Crippen LogP contribution in [0, 0.1) is 6.92 Å². The fourth-order valence-electron chi connectivity index (χ4n) is 2.62. The Morgan fingerprint density at radius 3 is 2.85 bits per heavy atom. The maximum absolute atomic E-state index is 12.5. The van der Waals surface area contributed by atoms with Crippen LogP contribution in [0.4, 0.5) is 5.82 Å². The number of carbonyl (C=O) groups is 1. The Morgan fingerprint density at radius 2 is 2.12 bits per heavy atom. The number of benzene rings is 1. The van der Waals surface area contributed by atoms with Gasteiger partial charge < -0.3 is 10.1 Å². The summed E-state index contributed by atoms with van der Waals surface area (Å²) in [5.74, 6) is 1.07. The first-order valence-electron chi connectivity index (χ1n) is 7.86. The van der Waals surface area contributed by atoms with Gasteiger partial charge in [-0.25, -0.2) is 4.98 Å². The molecule has 0 atom stereocenters. The number of hydrogen-bond acceptors (Lipinski definition) is 6. The van der Waals surface area contributed by atoms with Crippen molar-refractivity contribution in [3.8, 4) is 10.9 Å². The minimum Gasteiger partial charge on any atom is -0.497 e. The Morgan fingerprint density at radius 1 is 1.27 bits per heavy atom. The molecular weight excluding hydrogens is 352 g/mol. The third kappa shape index (κ3) is 2.82. The standard InChI is InChI=1S/C17H16N6O2S/c1-10-8-15(20-16(24)13-6-7-18-22(13)2)23(21-10)17-19-12-5-4-11(25-3)9-14(12)26-17/h4-9H,1-3H3,(H,20,24). The van der Waals surface area contributed by atoms with E-state index in [9.17, 15) is 4.79 Å². The average Bonchev–Trinajstić information content (AvgIpc) is 3.31. The summed E-state index contributed by atoms with van der Waals surface area (Å²) in [5, 5.41) is 12.0. The molecule has 132 valence electrons. The smallest absolute Gasteiger partial charge is 0.275 e. The molecule has 1 amide bonds. The zero-order valence-corrected chi connectivity index (χ0v) is 15.2. The lowest BCUT2D eigenvalue weighted by atomic mass is 10.3. The highest BCUT2D eigenvalue weighted by Gasteiger charge is 2.17. The Kier molecular flexibility index (Phi) is 3.92. The first-order valence-corrected chi connectivity index (χ1v) is 8.68. The monoisotopic (exact) mass is 368 g/mol. The van der Waals surface area contributed by atoms with E-state index >= 15 is 0 Å². The molecule has 26 heavy (non-hydrogen) atoms. The number of carbonyl (C=O) groups excluding carboxylic acids is 1. The molecule has 0 fully saturated rings. The highest BCUT2D eigenvalue weighted by atomic mass is 32.1. The minimum atomic E-state index is -0.256. The number of methoxy groups -OCH3 is 1. The Hall–Kier alpha value is -3.20. The third-order valence-electron chi connectivity index (χ3n) is 3.89. The Balaban J connectivity index is 1.71. The molecule has 0 radical (unpaired) electrons. The van der Waals surface area contributed by atoms with E-state index in [0.717, 1.165) is 21.7 Å². The summed E-state index contributed by atoms with van der Waals surface area (Å²) in [5.41, 5.74) is 2.09. The van der Waals surface area contributed by atoms with Gasteiger partial charge in [0.2, 0.25) is 5.13 Å². The molecule has 0 unspecified atom stereocenters. The van der Waals surface area contributed by atoms with Gasteiger partial charge in [0.25, 0.3) is 5.91 Å². The van der Waals surface area contributed by atoms with Crippen LogP contribution in [0.1, 0.15) is 16.2 Å². The predicted molar refractivity (Wildman–Crippen MR) is 99.2 cm³/mol. The van der Waals surface area contributed by atoms with Gasteiger partial charge in [-0.3, -0.25) is 9.48 Å². The predicted octanol–water partition coefficient (Wildman–Crippen LogP) is 2.78. The van der Waals surface area contributed by atoms with Crippen LogP contribution in [0.2, 0.25) is 0 Å². The highest BCUT2D eigenvalue weighted by Crippen LogP contribution is 2.30. The second-order valence-corrected chi connectivity index (χ2v) is 6.72. The molecule has 4 rings (SSSR count). The second-order valence-electron chi connectivity index (χ2n) is 5.71. The molecule has 0 bridgehead atoms. The summed E-state index contributed by atoms with van der Waals surface area (Å²) in [6.07, 6.45) is 1.58. The van der Waals surface area contributed by atoms with E-state index in [-0.39, 0.29) is 5.91 Å². The van der Waals surface area contributed by atoms with Crippen LogP contribution in [0.5, 0.6) is 5.75 Å². The molecular formula is C17H16N6O2S. The molecule has 1 aromatic carbocycles. The van der Waals surface area contributed by atoms with Crippen LogP contribution in [0.15, 0.2) is 36.5 Å². The van der Waals surface area contributed by atoms with Gasteiger partial charge in [-0.2, -0.15) is 14.9 Å². The van der Waals surface area contributed by atoms with Gasteiger partial charge >= 0.3 is 0 Å². The molecule has 0 aliphatic rings. The second kappa shape index (κ2) is 6.26. The number of aryl methyl sites for hydroxylation is 2. The number of nitrogens with one attached hydrogen (secondary N) is 1. The summed E-state index contributed by atoms with van der Waals surface area (Å²) in [6, 6.07) is 9.16. The van der Waals surface area contributed by atoms with Crippen molar-refractivity contribution < 1.29 is 9.53 Å². The van der Waals surface area contributed by atoms with Crippen LogP contribution in [0.25, 0.3) is 15.3 Å². The Bertz CT molecular complexity index is 1110. The van der Waals surface area contributed by atoms with Gasteiger partial charge in [-0.05, 0) is 31.2 Å². The van der Waals surface area contributed by atoms with E-state index in [2.05, 4.69) is 20.5 Å². The lowest BCUT2D eigenvalue weighted by Crippen LogP contribution is -2.18. The summed E-state index contributed by atoms with van der Waals surface area (Å²) in [7, 11) is 3.35. The van der Waals surface area contributed by atoms with E-state index < -0.39 is 0 Å². The zero-order chi connectivity index (χ0) is 18.3. The maximum Gasteiger partial charge on any atom is 0.275 e. The Labute approximate surface area is 153 Å². The SMILES string of the molecule is COc1ccc2nc(-n3nc(C)cc3NC(=O)c3ccnn3C)sc2c1. The van der Waals surface area contributed by atoms with Crippen molar-refractivity contribution in [1.29, 1.82) is 0 Å². The summed E-state index contributed by atoms with van der Waals surface area (Å²) in [6.45, 7) is 1.87. The van der Waals surface area contributed by atoms with E-state index in [1.165, 1.54) is 16.0 Å². The molecule has 0 saturated heterocycles. The number of nitrogens with zero attached hydrogens (tertiary/aromatic N) is 5. The van der Waals surface area contributed by atoms with Gasteiger partial charge in [0.1, 0.15) is 17.3 Å². The lowest BCUT2D eigenvalue weighted by molar-refractivity contribution is 0.101. The number of amides is 1. The summed E-state index contributed by atoms with van der Waals surface area (Å²) >= 11 is 1.48. The average molecular weight is 368 g/mol. The maximum atomic E-state index is 12.5. The molecule has 1 N–H and O–H groups in total. The van der Waals surface area contributed by atoms with E-state index in [1.807, 2.05) is 25.1 Å². The van der Waals surface area contributed by atoms with Crippen molar-refractivity contribution in [3.63, 3.8) is 0 Å². The fraction of sp³-hybridized carbons (Fsp3) is 0.176. The van der Waals surface area contributed by atoms with Gasteiger partial charge in [0.15, 0.2) is 0 Å². The minimum absolute atomic E-state index is 0.256. The van der Waals surface area contributed by atoms with Crippen molar-refractivity contribution in [3.05, 3.63) is 47.9 Å². The molecule has 0 aliphatic carbocycles. The first-order chi connectivity index (χ1) is 12.5. The summed E-state index contributed by atoms with van der Waals surface area (Å²) in [4.78, 5) is 17.1. The van der Waals surface area contributed by atoms with E-state index in [0.29, 0.717) is 16.6 Å². The molecule has 9 heteroatoms. The first kappa shape index (κ1) is 16.3. The number of rotatable bonds is 4. The molecule has 4 aromatic rings.